The number of benzene rings is 2. The molecule has 0 unspecified atom stereocenters. The number of hydrogen-bond donors (Lipinski definition) is 1. The van der Waals surface area contributed by atoms with Crippen molar-refractivity contribution in [3.8, 4) is 23.0 Å². The maximum Gasteiger partial charge on any atom is 0.359 e. The second kappa shape index (κ2) is 7.17. The molecule has 0 bridgehead atoms. The second-order valence-corrected chi connectivity index (χ2v) is 5.36. The van der Waals surface area contributed by atoms with Gasteiger partial charge in [-0.05, 0) is 17.2 Å². The normalized spacial score (nSPS) is 12.4. The lowest BCUT2D eigenvalue weighted by atomic mass is 10.0. The Hall–Kier alpha value is -3.15. The number of methoxy groups -OCH3 is 3. The van der Waals surface area contributed by atoms with Crippen molar-refractivity contribution in [2.45, 2.75) is 6.54 Å². The van der Waals surface area contributed by atoms with Crippen molar-refractivity contribution < 1.29 is 23.7 Å². The summed E-state index contributed by atoms with van der Waals surface area (Å²) in [5.41, 5.74) is 2.53. The van der Waals surface area contributed by atoms with Crippen molar-refractivity contribution in [2.24, 2.45) is 0 Å². The average Bonchev–Trinajstić information content (AvgIpc) is 2.66. The molecule has 1 heterocycles. The van der Waals surface area contributed by atoms with Gasteiger partial charge in [-0.3, -0.25) is 0 Å². The molecule has 130 valence electrons. The van der Waals surface area contributed by atoms with E-state index in [-0.39, 0.29) is 0 Å². The fourth-order valence-electron chi connectivity index (χ4n) is 2.64. The Labute approximate surface area is 146 Å². The van der Waals surface area contributed by atoms with Crippen LogP contribution in [0.3, 0.4) is 0 Å². The summed E-state index contributed by atoms with van der Waals surface area (Å²) in [7, 11) is 4.52. The molecule has 6 nitrogen and oxygen atoms in total. The van der Waals surface area contributed by atoms with E-state index in [0.29, 0.717) is 35.2 Å². The lowest BCUT2D eigenvalue weighted by molar-refractivity contribution is -0.130. The Morgan fingerprint density at radius 3 is 2.32 bits per heavy atom. The smallest absolute Gasteiger partial charge is 0.359 e. The minimum Gasteiger partial charge on any atom is -0.493 e. The summed E-state index contributed by atoms with van der Waals surface area (Å²) in [6.07, 6.45) is 1.78. The van der Waals surface area contributed by atoms with Crippen LogP contribution in [0.1, 0.15) is 11.1 Å². The lowest BCUT2D eigenvalue weighted by Crippen LogP contribution is -2.26. The molecule has 3 rings (SSSR count). The molecule has 0 aliphatic carbocycles. The molecule has 0 fully saturated rings. The van der Waals surface area contributed by atoms with Gasteiger partial charge in [-0.2, -0.15) is 0 Å². The van der Waals surface area contributed by atoms with E-state index < -0.39 is 5.97 Å². The highest BCUT2D eigenvalue weighted by atomic mass is 16.5. The first-order valence-electron chi connectivity index (χ1n) is 7.72. The van der Waals surface area contributed by atoms with Crippen LogP contribution in [0.4, 0.5) is 0 Å². The largest absolute Gasteiger partial charge is 0.493 e. The molecule has 1 aliphatic heterocycles. The third kappa shape index (κ3) is 3.38. The minimum absolute atomic E-state index is 0.307. The summed E-state index contributed by atoms with van der Waals surface area (Å²) >= 11 is 0. The van der Waals surface area contributed by atoms with Gasteiger partial charge in [0.05, 0.1) is 21.3 Å². The van der Waals surface area contributed by atoms with Crippen LogP contribution < -0.4 is 24.3 Å². The van der Waals surface area contributed by atoms with Crippen LogP contribution in [0, 0.1) is 0 Å². The van der Waals surface area contributed by atoms with Crippen LogP contribution in [-0.2, 0) is 11.3 Å². The molecule has 6 heteroatoms. The number of fused-ring (bicyclic) bond motifs is 1. The Bertz CT molecular complexity index is 803. The van der Waals surface area contributed by atoms with Gasteiger partial charge in [0, 0.05) is 18.7 Å². The number of esters is 1. The van der Waals surface area contributed by atoms with E-state index in [1.54, 1.807) is 18.2 Å². The molecule has 0 saturated heterocycles. The molecule has 0 amide bonds. The number of carbonyl (C=O) groups excluding carboxylic acids is 1. The Morgan fingerprint density at radius 2 is 1.68 bits per heavy atom. The van der Waals surface area contributed by atoms with Crippen molar-refractivity contribution >= 4 is 12.0 Å². The predicted molar refractivity (Wildman–Crippen MR) is 93.0 cm³/mol. The summed E-state index contributed by atoms with van der Waals surface area (Å²) in [5.74, 6) is 1.10. The van der Waals surface area contributed by atoms with Crippen molar-refractivity contribution in [3.63, 3.8) is 0 Å². The Balaban J connectivity index is 1.85. The van der Waals surface area contributed by atoms with Gasteiger partial charge in [0.2, 0.25) is 5.75 Å². The third-order valence-electron chi connectivity index (χ3n) is 3.89. The molecule has 0 aromatic heterocycles. The van der Waals surface area contributed by atoms with Gasteiger partial charge >= 0.3 is 5.97 Å². The second-order valence-electron chi connectivity index (χ2n) is 5.36. The summed E-state index contributed by atoms with van der Waals surface area (Å²) in [5, 5.41) is 3.07. The van der Waals surface area contributed by atoms with E-state index in [4.69, 9.17) is 18.9 Å². The van der Waals surface area contributed by atoms with Crippen LogP contribution in [-0.4, -0.2) is 27.3 Å². The monoisotopic (exact) mass is 341 g/mol. The van der Waals surface area contributed by atoms with Crippen molar-refractivity contribution in [1.82, 2.24) is 5.32 Å². The quantitative estimate of drug-likeness (QED) is 0.666. The van der Waals surface area contributed by atoms with E-state index >= 15 is 0 Å². The highest BCUT2D eigenvalue weighted by Gasteiger charge is 2.20. The van der Waals surface area contributed by atoms with Gasteiger partial charge in [0.15, 0.2) is 11.5 Å². The van der Waals surface area contributed by atoms with Gasteiger partial charge in [0.25, 0.3) is 0 Å². The molecule has 2 aromatic carbocycles. The van der Waals surface area contributed by atoms with Gasteiger partial charge in [0.1, 0.15) is 11.4 Å². The zero-order chi connectivity index (χ0) is 17.8. The fraction of sp³-hybridized carbons (Fsp3) is 0.211. The van der Waals surface area contributed by atoms with Crippen LogP contribution in [0.25, 0.3) is 6.08 Å². The van der Waals surface area contributed by atoms with Gasteiger partial charge < -0.3 is 24.3 Å². The number of carbonyl (C=O) groups is 1. The fourth-order valence-corrected chi connectivity index (χ4v) is 2.64. The van der Waals surface area contributed by atoms with E-state index in [1.807, 2.05) is 24.3 Å². The Kier molecular flexibility index (Phi) is 4.79. The van der Waals surface area contributed by atoms with E-state index in [2.05, 4.69) is 5.32 Å². The number of nitrogens with one attached hydrogen (secondary N) is 1. The van der Waals surface area contributed by atoms with E-state index in [1.165, 1.54) is 21.3 Å². The van der Waals surface area contributed by atoms with Gasteiger partial charge in [-0.15, -0.1) is 0 Å². The zero-order valence-electron chi connectivity index (χ0n) is 14.3. The highest BCUT2D eigenvalue weighted by molar-refractivity contribution is 5.95. The molecule has 2 aromatic rings. The molecule has 0 radical (unpaired) electrons. The first kappa shape index (κ1) is 16.7. The minimum atomic E-state index is -0.483. The van der Waals surface area contributed by atoms with Crippen LogP contribution >= 0.6 is 0 Å². The summed E-state index contributed by atoms with van der Waals surface area (Å²) < 4.78 is 21.3. The zero-order valence-corrected chi connectivity index (χ0v) is 14.3. The molecule has 0 saturated carbocycles. The van der Waals surface area contributed by atoms with Crippen LogP contribution in [0.15, 0.2) is 42.1 Å². The molecular weight excluding hydrogens is 322 g/mol. The predicted octanol–water partition coefficient (Wildman–Crippen LogP) is 2.76. The number of rotatable bonds is 5. The average molecular weight is 341 g/mol. The summed E-state index contributed by atoms with van der Waals surface area (Å²) in [4.78, 5) is 12.5. The van der Waals surface area contributed by atoms with Crippen molar-refractivity contribution in [3.05, 3.63) is 53.2 Å². The van der Waals surface area contributed by atoms with Crippen LogP contribution in [0.5, 0.6) is 23.0 Å². The lowest BCUT2D eigenvalue weighted by Gasteiger charge is -2.18. The van der Waals surface area contributed by atoms with E-state index in [0.717, 1.165) is 11.1 Å². The SMILES string of the molecule is COc1cc(OC(=O)C2=Cc3ccccc3CN2)cc(OC)c1OC. The topological polar surface area (TPSA) is 66.0 Å². The first-order valence-corrected chi connectivity index (χ1v) is 7.72. The van der Waals surface area contributed by atoms with Gasteiger partial charge in [-0.25, -0.2) is 4.79 Å². The third-order valence-corrected chi connectivity index (χ3v) is 3.89. The standard InChI is InChI=1S/C19H19NO5/c1-22-16-9-14(10-17(23-2)18(16)24-3)25-19(21)15-8-12-6-4-5-7-13(12)11-20-15/h4-10,20H,11H2,1-3H3. The molecule has 1 aliphatic rings. The molecular formula is C19H19NO5. The van der Waals surface area contributed by atoms with Crippen molar-refractivity contribution in [2.75, 3.05) is 21.3 Å². The molecule has 25 heavy (non-hydrogen) atoms. The summed E-state index contributed by atoms with van der Waals surface area (Å²) in [6, 6.07) is 11.0. The molecule has 1 N–H and O–H groups in total. The molecule has 0 spiro atoms. The van der Waals surface area contributed by atoms with Crippen LogP contribution in [0.2, 0.25) is 0 Å². The van der Waals surface area contributed by atoms with Crippen molar-refractivity contribution in [1.29, 1.82) is 0 Å². The maximum atomic E-state index is 12.5. The van der Waals surface area contributed by atoms with Gasteiger partial charge in [-0.1, -0.05) is 24.3 Å². The maximum absolute atomic E-state index is 12.5. The number of ether oxygens (including phenoxy) is 4. The first-order chi connectivity index (χ1) is 12.2. The number of hydrogen-bond acceptors (Lipinski definition) is 6. The Morgan fingerprint density at radius 1 is 1.00 bits per heavy atom. The molecule has 0 atom stereocenters. The highest BCUT2D eigenvalue weighted by Crippen LogP contribution is 2.40. The van der Waals surface area contributed by atoms with E-state index in [9.17, 15) is 4.79 Å². The summed E-state index contributed by atoms with van der Waals surface area (Å²) in [6.45, 7) is 0.576.